The van der Waals surface area contributed by atoms with Crippen LogP contribution in [0.25, 0.3) is 0 Å². The molecule has 0 aliphatic heterocycles. The van der Waals surface area contributed by atoms with Gasteiger partial charge >= 0.3 is 17.9 Å². The van der Waals surface area contributed by atoms with Crippen molar-refractivity contribution in [3.8, 4) is 0 Å². The van der Waals surface area contributed by atoms with Gasteiger partial charge in [-0.05, 0) is 83.5 Å². The third-order valence-corrected chi connectivity index (χ3v) is 9.28. The van der Waals surface area contributed by atoms with Gasteiger partial charge in [-0.25, -0.2) is 4.79 Å². The second-order valence-corrected chi connectivity index (χ2v) is 15.6. The Morgan fingerprint density at radius 3 is 1.51 bits per heavy atom. The number of esters is 2. The van der Waals surface area contributed by atoms with Gasteiger partial charge < -0.3 is 23.8 Å². The molecule has 0 fully saturated rings. The summed E-state index contributed by atoms with van der Waals surface area (Å²) in [7, 11) is 5.49. The van der Waals surface area contributed by atoms with Crippen LogP contribution in [0.2, 0.25) is 0 Å². The normalized spacial score (nSPS) is 13.8. The van der Waals surface area contributed by atoms with Gasteiger partial charge in [-0.3, -0.25) is 9.59 Å². The first-order valence-corrected chi connectivity index (χ1v) is 22.1. The molecule has 0 radical (unpaired) electrons. The molecule has 0 aliphatic rings. The van der Waals surface area contributed by atoms with Crippen molar-refractivity contribution in [1.29, 1.82) is 0 Å². The fourth-order valence-corrected chi connectivity index (χ4v) is 5.86. The van der Waals surface area contributed by atoms with Crippen molar-refractivity contribution in [2.45, 2.75) is 167 Å². The average molecular weight is 797 g/mol. The summed E-state index contributed by atoms with van der Waals surface area (Å²) in [5.41, 5.74) is 0. The van der Waals surface area contributed by atoms with E-state index in [1.807, 2.05) is 21.1 Å². The smallest absolute Gasteiger partial charge is 0.362 e. The molecule has 0 aliphatic carbocycles. The van der Waals surface area contributed by atoms with Gasteiger partial charge in [0.1, 0.15) is 6.61 Å². The Balaban J connectivity index is 4.51. The van der Waals surface area contributed by atoms with Gasteiger partial charge in [0.05, 0.1) is 34.4 Å². The van der Waals surface area contributed by atoms with Crippen LogP contribution in [0.15, 0.2) is 85.1 Å². The molecule has 0 aromatic rings. The lowest BCUT2D eigenvalue weighted by Gasteiger charge is -2.31. The number of ether oxygens (including phenoxy) is 3. The highest BCUT2D eigenvalue weighted by Crippen LogP contribution is 2.11. The first-order valence-electron chi connectivity index (χ1n) is 22.1. The van der Waals surface area contributed by atoms with Crippen LogP contribution < -0.4 is 0 Å². The van der Waals surface area contributed by atoms with Crippen LogP contribution in [0.3, 0.4) is 0 Å². The number of hydrogen-bond acceptors (Lipinski definition) is 6. The minimum atomic E-state index is -0.891. The van der Waals surface area contributed by atoms with Gasteiger partial charge in [0.2, 0.25) is 0 Å². The number of carbonyl (C=O) groups is 3. The van der Waals surface area contributed by atoms with E-state index >= 15 is 0 Å². The number of nitrogens with zero attached hydrogens (tertiary/aromatic N) is 1. The maximum Gasteiger partial charge on any atom is 0.362 e. The summed E-state index contributed by atoms with van der Waals surface area (Å²) in [4.78, 5) is 37.0. The van der Waals surface area contributed by atoms with Crippen LogP contribution in [0.5, 0.6) is 0 Å². The van der Waals surface area contributed by atoms with Crippen LogP contribution in [-0.4, -0.2) is 80.6 Å². The Bertz CT molecular complexity index is 1200. The number of carboxylic acids is 1. The summed E-state index contributed by atoms with van der Waals surface area (Å²) < 4.78 is 17.2. The minimum Gasteiger partial charge on any atom is -0.477 e. The molecule has 0 aromatic heterocycles. The van der Waals surface area contributed by atoms with Crippen LogP contribution in [0, 0.1) is 0 Å². The lowest BCUT2D eigenvalue weighted by molar-refractivity contribution is -0.887. The number of carboxylic acid groups (broad SMARTS) is 1. The van der Waals surface area contributed by atoms with E-state index < -0.39 is 18.1 Å². The van der Waals surface area contributed by atoms with E-state index in [9.17, 15) is 19.5 Å². The van der Waals surface area contributed by atoms with Gasteiger partial charge in [0.15, 0.2) is 12.1 Å². The van der Waals surface area contributed by atoms with Crippen molar-refractivity contribution < 1.29 is 38.2 Å². The highest BCUT2D eigenvalue weighted by Gasteiger charge is 2.31. The SMILES string of the molecule is CC/C=C/C/C=C/C/C=C/C/C=C/CCCCCC(=O)OCC(COCCC(C(=O)O)[N+](C)(C)C)OC(=O)CCC/C=C/C/C=C/C/C=C/CCCCCCCC. The summed E-state index contributed by atoms with van der Waals surface area (Å²) in [6.07, 6.45) is 50.6. The molecular weight excluding hydrogens is 715 g/mol. The van der Waals surface area contributed by atoms with Crippen molar-refractivity contribution >= 4 is 17.9 Å². The maximum absolute atomic E-state index is 12.7. The molecule has 0 rings (SSSR count). The average Bonchev–Trinajstić information content (AvgIpc) is 3.17. The second kappa shape index (κ2) is 39.3. The van der Waals surface area contributed by atoms with Crippen LogP contribution in [0.1, 0.15) is 155 Å². The fraction of sp³-hybridized carbons (Fsp3) is 0.653. The van der Waals surface area contributed by atoms with E-state index in [-0.39, 0.29) is 42.7 Å². The Morgan fingerprint density at radius 2 is 1.00 bits per heavy atom. The summed E-state index contributed by atoms with van der Waals surface area (Å²) in [6, 6.07) is -0.633. The minimum absolute atomic E-state index is 0.0256. The number of allylic oxidation sites excluding steroid dienone is 14. The van der Waals surface area contributed by atoms with Crippen LogP contribution in [0.4, 0.5) is 0 Å². The molecule has 0 aromatic carbocycles. The van der Waals surface area contributed by atoms with Crippen molar-refractivity contribution in [1.82, 2.24) is 0 Å². The third kappa shape index (κ3) is 37.8. The molecular formula is C49H82NO7+. The van der Waals surface area contributed by atoms with Gasteiger partial charge in [0.25, 0.3) is 0 Å². The molecule has 8 heteroatoms. The topological polar surface area (TPSA) is 99.1 Å². The Kier molecular flexibility index (Phi) is 36.9. The van der Waals surface area contributed by atoms with E-state index in [1.165, 1.54) is 44.9 Å². The molecule has 8 nitrogen and oxygen atoms in total. The Labute approximate surface area is 348 Å². The van der Waals surface area contributed by atoms with Crippen molar-refractivity contribution in [2.75, 3.05) is 41.0 Å². The van der Waals surface area contributed by atoms with E-state index in [1.54, 1.807) is 0 Å². The highest BCUT2D eigenvalue weighted by molar-refractivity contribution is 5.72. The summed E-state index contributed by atoms with van der Waals surface area (Å²) in [5.74, 6) is -1.59. The third-order valence-electron chi connectivity index (χ3n) is 9.28. The summed E-state index contributed by atoms with van der Waals surface area (Å²) in [5, 5.41) is 9.62. The standard InChI is InChI=1S/C49H81NO7/c1-6-8-10-12-14-16-18-20-22-24-26-28-30-32-34-36-38-40-48(52)57-45(43-55-42-41-46(49(53)54)50(3,4)5)44-56-47(51)39-37-35-33-31-29-27-25-23-21-19-17-15-13-11-9-7-2/h9,11,15,17,20-23,26-29,32,34,45-46H,6-8,10,12-14,16,18-19,24-25,30-31,33,35-44H2,1-5H3/p+1/b11-9+,17-15+,22-20+,23-21+,28-26+,29-27+,34-32+. The summed E-state index contributed by atoms with van der Waals surface area (Å²) in [6.45, 7) is 4.51. The molecule has 2 atom stereocenters. The molecule has 0 heterocycles. The van der Waals surface area contributed by atoms with Crippen molar-refractivity contribution in [3.05, 3.63) is 85.1 Å². The lowest BCUT2D eigenvalue weighted by atomic mass is 10.1. The van der Waals surface area contributed by atoms with Gasteiger partial charge in [-0.1, -0.05) is 137 Å². The van der Waals surface area contributed by atoms with Crippen molar-refractivity contribution in [2.24, 2.45) is 0 Å². The Hall–Kier alpha value is -3.49. The Morgan fingerprint density at radius 1 is 0.544 bits per heavy atom. The van der Waals surface area contributed by atoms with E-state index in [2.05, 4.69) is 98.9 Å². The van der Waals surface area contributed by atoms with Crippen molar-refractivity contribution in [3.63, 3.8) is 0 Å². The first kappa shape index (κ1) is 53.5. The van der Waals surface area contributed by atoms with E-state index in [0.717, 1.165) is 70.6 Å². The molecule has 57 heavy (non-hydrogen) atoms. The number of likely N-dealkylation sites (N-methyl/N-ethyl adjacent to an activating group) is 1. The predicted octanol–water partition coefficient (Wildman–Crippen LogP) is 12.1. The summed E-state index contributed by atoms with van der Waals surface area (Å²) >= 11 is 0. The monoisotopic (exact) mass is 797 g/mol. The largest absolute Gasteiger partial charge is 0.477 e. The number of hydrogen-bond donors (Lipinski definition) is 1. The lowest BCUT2D eigenvalue weighted by Crippen LogP contribution is -2.50. The molecule has 0 spiro atoms. The van der Waals surface area contributed by atoms with E-state index in [0.29, 0.717) is 19.3 Å². The number of carbonyl (C=O) groups excluding carboxylic acids is 2. The van der Waals surface area contributed by atoms with Crippen LogP contribution >= 0.6 is 0 Å². The van der Waals surface area contributed by atoms with Gasteiger partial charge in [-0.2, -0.15) is 0 Å². The molecule has 0 bridgehead atoms. The number of aliphatic carboxylic acids is 1. The number of rotatable bonds is 38. The van der Waals surface area contributed by atoms with Crippen LogP contribution in [-0.2, 0) is 28.6 Å². The van der Waals surface area contributed by atoms with Gasteiger partial charge in [0, 0.05) is 19.3 Å². The zero-order chi connectivity index (χ0) is 42.1. The fourth-order valence-electron chi connectivity index (χ4n) is 5.86. The second-order valence-electron chi connectivity index (χ2n) is 15.6. The molecule has 0 saturated heterocycles. The predicted molar refractivity (Wildman–Crippen MR) is 238 cm³/mol. The molecule has 2 unspecified atom stereocenters. The molecule has 324 valence electrons. The molecule has 1 N–H and O–H groups in total. The first-order chi connectivity index (χ1) is 27.6. The number of quaternary nitrogens is 1. The van der Waals surface area contributed by atoms with E-state index in [4.69, 9.17) is 14.2 Å². The zero-order valence-electron chi connectivity index (χ0n) is 36.8. The molecule has 0 saturated carbocycles. The number of unbranched alkanes of at least 4 members (excludes halogenated alkanes) is 10. The molecule has 0 amide bonds. The van der Waals surface area contributed by atoms with Gasteiger partial charge in [-0.15, -0.1) is 0 Å². The zero-order valence-corrected chi connectivity index (χ0v) is 36.8. The quantitative estimate of drug-likeness (QED) is 0.0287. The maximum atomic E-state index is 12.7. The highest BCUT2D eigenvalue weighted by atomic mass is 16.6.